The van der Waals surface area contributed by atoms with E-state index < -0.39 is 90.3 Å². The molecular weight excluding hydrogens is 731 g/mol. The summed E-state index contributed by atoms with van der Waals surface area (Å²) in [5.74, 6) is -4.42. The summed E-state index contributed by atoms with van der Waals surface area (Å²) >= 11 is 0. The van der Waals surface area contributed by atoms with E-state index in [1.54, 1.807) is 24.3 Å². The van der Waals surface area contributed by atoms with Crippen molar-refractivity contribution in [3.8, 4) is 0 Å². The van der Waals surface area contributed by atoms with Gasteiger partial charge < -0.3 is 39.8 Å². The predicted molar refractivity (Wildman–Crippen MR) is 188 cm³/mol. The van der Waals surface area contributed by atoms with Gasteiger partial charge in [-0.3, -0.25) is 19.2 Å². The van der Waals surface area contributed by atoms with E-state index in [0.29, 0.717) is 24.0 Å². The molecule has 0 aromatic heterocycles. The fraction of sp³-hybridized carbons (Fsp3) is 0.684. The van der Waals surface area contributed by atoms with E-state index in [4.69, 9.17) is 19.0 Å². The van der Waals surface area contributed by atoms with Crippen LogP contribution in [0.4, 0.5) is 13.2 Å². The molecule has 3 saturated heterocycles. The summed E-state index contributed by atoms with van der Waals surface area (Å²) in [5, 5.41) is 26.3. The monoisotopic (exact) mass is 783 g/mol. The molecule has 17 heteroatoms. The topological polar surface area (TPSA) is 182 Å². The number of carbonyl (C=O) groups is 4. The van der Waals surface area contributed by atoms with Gasteiger partial charge in [0.1, 0.15) is 35.9 Å². The first kappa shape index (κ1) is 42.5. The highest BCUT2D eigenvalue weighted by Gasteiger charge is 2.76. The first-order valence-electron chi connectivity index (χ1n) is 19.0. The normalized spacial score (nSPS) is 28.0. The van der Waals surface area contributed by atoms with Crippen LogP contribution in [0.3, 0.4) is 0 Å². The summed E-state index contributed by atoms with van der Waals surface area (Å²) in [7, 11) is 0. The second-order valence-corrected chi connectivity index (χ2v) is 14.7. The number of hydrogen-bond donors (Lipinski definition) is 4. The average Bonchev–Trinajstić information content (AvgIpc) is 3.69. The third-order valence-corrected chi connectivity index (χ3v) is 10.5. The molecule has 14 nitrogen and oxygen atoms in total. The zero-order valence-electron chi connectivity index (χ0n) is 31.3. The highest BCUT2D eigenvalue weighted by atomic mass is 19.4. The number of ether oxygens (including phenoxy) is 4. The van der Waals surface area contributed by atoms with E-state index in [9.17, 15) is 42.6 Å². The molecule has 5 rings (SSSR count). The Kier molecular flexibility index (Phi) is 14.0. The Labute approximate surface area is 318 Å². The summed E-state index contributed by atoms with van der Waals surface area (Å²) in [6.07, 6.45) is -0.878. The van der Waals surface area contributed by atoms with Gasteiger partial charge in [-0.15, -0.1) is 0 Å². The van der Waals surface area contributed by atoms with Gasteiger partial charge in [0.2, 0.25) is 11.8 Å². The maximum atomic E-state index is 14.7. The van der Waals surface area contributed by atoms with Gasteiger partial charge in [-0.2, -0.15) is 18.2 Å². The Morgan fingerprint density at radius 3 is 2.42 bits per heavy atom. The number of hydrogen-bond acceptors (Lipinski definition) is 12. The minimum atomic E-state index is -4.67. The lowest BCUT2D eigenvalue weighted by Crippen LogP contribution is -2.71. The molecule has 1 aromatic rings. The van der Waals surface area contributed by atoms with Crippen LogP contribution in [0.1, 0.15) is 89.7 Å². The zero-order chi connectivity index (χ0) is 40.0. The maximum absolute atomic E-state index is 14.7. The molecule has 8 atom stereocenters. The highest BCUT2D eigenvalue weighted by Crippen LogP contribution is 2.58. The SMILES string of the molecule is CCCCCC1(CCCCC)O[C@@H]2[C@H]3ON(Cc4cccc(C=CC(=O)OCC(F)(F)F)c4)[C@H]4C(=O)OC(CC34C(=O)N[C@@H](C(=O)NCCO)[C@H](C)O)[C@@H]2O1. The van der Waals surface area contributed by atoms with Crippen molar-refractivity contribution in [2.75, 3.05) is 19.8 Å². The van der Waals surface area contributed by atoms with Crippen LogP contribution in [0.2, 0.25) is 0 Å². The minimum absolute atomic E-state index is 0.0332. The number of fused-ring (bicyclic) bond motifs is 4. The Morgan fingerprint density at radius 2 is 1.78 bits per heavy atom. The van der Waals surface area contributed by atoms with Crippen LogP contribution < -0.4 is 10.6 Å². The van der Waals surface area contributed by atoms with Crippen molar-refractivity contribution in [3.63, 3.8) is 0 Å². The number of nitrogens with zero attached hydrogens (tertiary/aromatic N) is 1. The van der Waals surface area contributed by atoms with E-state index in [-0.39, 0.29) is 26.1 Å². The predicted octanol–water partition coefficient (Wildman–Crippen LogP) is 3.22. The Hall–Kier alpha value is -3.61. The van der Waals surface area contributed by atoms with Crippen molar-refractivity contribution in [2.24, 2.45) is 5.41 Å². The quantitative estimate of drug-likeness (QED) is 0.0916. The number of unbranched alkanes of at least 4 members (excludes halogenated alkanes) is 4. The minimum Gasteiger partial charge on any atom is -0.458 e. The Balaban J connectivity index is 1.48. The van der Waals surface area contributed by atoms with Gasteiger partial charge in [0.15, 0.2) is 18.4 Å². The van der Waals surface area contributed by atoms with Crippen molar-refractivity contribution < 1.29 is 66.3 Å². The van der Waals surface area contributed by atoms with Crippen LogP contribution in [0, 0.1) is 5.41 Å². The van der Waals surface area contributed by atoms with Gasteiger partial charge in [0.05, 0.1) is 19.3 Å². The molecule has 3 heterocycles. The number of hydroxylamine groups is 2. The molecule has 4 N–H and O–H groups in total. The summed E-state index contributed by atoms with van der Waals surface area (Å²) in [6.45, 7) is 3.23. The fourth-order valence-electron chi connectivity index (χ4n) is 8.01. The Bertz CT molecular complexity index is 1550. The molecule has 55 heavy (non-hydrogen) atoms. The molecule has 0 spiro atoms. The van der Waals surface area contributed by atoms with Crippen LogP contribution >= 0.6 is 0 Å². The third kappa shape index (κ3) is 9.68. The van der Waals surface area contributed by atoms with Crippen LogP contribution in [-0.2, 0) is 49.5 Å². The van der Waals surface area contributed by atoms with Gasteiger partial charge in [-0.1, -0.05) is 63.8 Å². The Morgan fingerprint density at radius 1 is 1.09 bits per heavy atom. The first-order chi connectivity index (χ1) is 26.2. The fourth-order valence-corrected chi connectivity index (χ4v) is 8.01. The largest absolute Gasteiger partial charge is 0.458 e. The van der Waals surface area contributed by atoms with Crippen molar-refractivity contribution in [1.29, 1.82) is 0 Å². The number of aliphatic hydroxyl groups is 2. The summed E-state index contributed by atoms with van der Waals surface area (Å²) in [6, 6.07) is 3.80. The van der Waals surface area contributed by atoms with Gasteiger partial charge in [0.25, 0.3) is 0 Å². The zero-order valence-corrected chi connectivity index (χ0v) is 31.3. The molecule has 4 fully saturated rings. The van der Waals surface area contributed by atoms with Crippen LogP contribution in [0.15, 0.2) is 30.3 Å². The number of aliphatic hydroxyl groups excluding tert-OH is 2. The number of halogens is 3. The van der Waals surface area contributed by atoms with Crippen molar-refractivity contribution in [2.45, 2.75) is 140 Å². The van der Waals surface area contributed by atoms with E-state index in [1.807, 2.05) is 0 Å². The molecule has 4 aliphatic rings. The molecule has 2 unspecified atom stereocenters. The second-order valence-electron chi connectivity index (χ2n) is 14.7. The number of amides is 2. The molecule has 1 aromatic carbocycles. The van der Waals surface area contributed by atoms with E-state index in [0.717, 1.165) is 44.6 Å². The van der Waals surface area contributed by atoms with Crippen LogP contribution in [0.25, 0.3) is 6.08 Å². The number of rotatable bonds is 19. The van der Waals surface area contributed by atoms with Crippen molar-refractivity contribution in [1.82, 2.24) is 15.7 Å². The van der Waals surface area contributed by atoms with E-state index >= 15 is 0 Å². The third-order valence-electron chi connectivity index (χ3n) is 10.5. The number of carbonyl (C=O) groups excluding carboxylic acids is 4. The van der Waals surface area contributed by atoms with Gasteiger partial charge in [-0.25, -0.2) is 4.79 Å². The van der Waals surface area contributed by atoms with Crippen molar-refractivity contribution in [3.05, 3.63) is 41.5 Å². The molecule has 3 aliphatic heterocycles. The summed E-state index contributed by atoms with van der Waals surface area (Å²) in [5.41, 5.74) is -0.687. The average molecular weight is 784 g/mol. The van der Waals surface area contributed by atoms with Gasteiger partial charge >= 0.3 is 18.1 Å². The smallest absolute Gasteiger partial charge is 0.422 e. The van der Waals surface area contributed by atoms with E-state index in [2.05, 4.69) is 29.2 Å². The number of nitrogens with one attached hydrogen (secondary N) is 2. The molecule has 0 radical (unpaired) electrons. The lowest BCUT2D eigenvalue weighted by atomic mass is 9.62. The lowest BCUT2D eigenvalue weighted by Gasteiger charge is -2.49. The number of esters is 2. The summed E-state index contributed by atoms with van der Waals surface area (Å²) in [4.78, 5) is 60.4. The number of alkyl halides is 3. The molecule has 306 valence electrons. The summed E-state index contributed by atoms with van der Waals surface area (Å²) < 4.78 is 61.3. The molecule has 1 saturated carbocycles. The standard InChI is InChI=1S/C38H52F3N3O11/c1-4-6-8-15-36(16-9-7-5-2)53-29-26-20-37(35(50)43-28(23(3)46)33(48)42-17-18-45)31(34(49)52-26)44(55-32(37)30(29)54-36)21-25-12-10-11-24(19-25)13-14-27(47)51-22-38(39,40)41/h10-14,19,23,26,28-32,45-46H,4-9,15-18,20-22H2,1-3H3,(H,42,48)(H,43,50)/t23-,26?,28+,29-,30-,31-,32+,37?/m0/s1. The van der Waals surface area contributed by atoms with Gasteiger partial charge in [0, 0.05) is 31.9 Å². The maximum Gasteiger partial charge on any atom is 0.422 e. The molecule has 1 aliphatic carbocycles. The van der Waals surface area contributed by atoms with Crippen LogP contribution in [-0.4, -0.2) is 113 Å². The van der Waals surface area contributed by atoms with E-state index in [1.165, 1.54) is 18.1 Å². The van der Waals surface area contributed by atoms with Crippen LogP contribution in [0.5, 0.6) is 0 Å². The lowest BCUT2D eigenvalue weighted by molar-refractivity contribution is -0.224. The second kappa shape index (κ2) is 18.1. The molecular formula is C38H52F3N3O11. The molecule has 2 amide bonds. The van der Waals surface area contributed by atoms with Gasteiger partial charge in [-0.05, 0) is 37.0 Å². The number of benzene rings is 1. The van der Waals surface area contributed by atoms with Crippen molar-refractivity contribution >= 4 is 29.8 Å². The first-order valence-corrected chi connectivity index (χ1v) is 19.0. The highest BCUT2D eigenvalue weighted by molar-refractivity contribution is 5.96. The molecule has 2 bridgehead atoms.